The fourth-order valence-corrected chi connectivity index (χ4v) is 2.21. The minimum atomic E-state index is 0.595. The Labute approximate surface area is 133 Å². The molecule has 3 aromatic heterocycles. The van der Waals surface area contributed by atoms with Crippen molar-refractivity contribution in [3.63, 3.8) is 0 Å². The second kappa shape index (κ2) is 6.61. The fraction of sp³-hybridized carbons (Fsp3) is 0.0625. The molecular weight excluding hydrogens is 290 g/mol. The number of allylic oxidation sites excluding steroid dienone is 2. The van der Waals surface area contributed by atoms with Crippen LogP contribution in [0.25, 0.3) is 16.8 Å². The summed E-state index contributed by atoms with van der Waals surface area (Å²) in [5.74, 6) is 0.753. The van der Waals surface area contributed by atoms with Gasteiger partial charge in [0.2, 0.25) is 0 Å². The lowest BCUT2D eigenvalue weighted by Gasteiger charge is -2.07. The van der Waals surface area contributed by atoms with Gasteiger partial charge in [-0.25, -0.2) is 9.50 Å². The third kappa shape index (κ3) is 3.13. The van der Waals surface area contributed by atoms with Gasteiger partial charge in [-0.1, -0.05) is 18.7 Å². The highest BCUT2D eigenvalue weighted by molar-refractivity contribution is 5.76. The summed E-state index contributed by atoms with van der Waals surface area (Å²) in [6.45, 7) is 4.29. The smallest absolute Gasteiger partial charge is 0.165 e. The summed E-state index contributed by atoms with van der Waals surface area (Å²) in [7, 11) is 0. The van der Waals surface area contributed by atoms with E-state index >= 15 is 0 Å². The van der Waals surface area contributed by atoms with E-state index in [9.17, 15) is 0 Å². The highest BCUT2D eigenvalue weighted by atomic mass is 15.2. The van der Waals surface area contributed by atoms with Gasteiger partial charge in [-0.3, -0.25) is 5.10 Å². The van der Waals surface area contributed by atoms with Crippen LogP contribution in [0.4, 0.5) is 5.82 Å². The molecule has 7 heteroatoms. The third-order valence-electron chi connectivity index (χ3n) is 3.29. The molecule has 0 radical (unpaired) electrons. The average molecular weight is 307 g/mol. The third-order valence-corrected chi connectivity index (χ3v) is 3.29. The Kier molecular flexibility index (Phi) is 4.19. The van der Waals surface area contributed by atoms with Gasteiger partial charge in [0.05, 0.1) is 12.4 Å². The van der Waals surface area contributed by atoms with Crippen LogP contribution in [0.3, 0.4) is 0 Å². The first-order chi connectivity index (χ1) is 11.3. The SMILES string of the molecule is C=C/C=C(\C=C/N)CNc1ccn2ncc(-c3cn[nH]c3)c2n1. The van der Waals surface area contributed by atoms with Gasteiger partial charge in [-0.15, -0.1) is 0 Å². The largest absolute Gasteiger partial charge is 0.405 e. The number of nitrogens with one attached hydrogen (secondary N) is 2. The Morgan fingerprint density at radius 2 is 2.35 bits per heavy atom. The first kappa shape index (κ1) is 14.6. The van der Waals surface area contributed by atoms with Crippen LogP contribution in [0.15, 0.2) is 67.4 Å². The Balaban J connectivity index is 1.86. The molecule has 0 unspecified atom stereocenters. The van der Waals surface area contributed by atoms with E-state index in [2.05, 4.69) is 32.2 Å². The molecule has 0 aliphatic carbocycles. The number of aromatic amines is 1. The maximum Gasteiger partial charge on any atom is 0.165 e. The summed E-state index contributed by atoms with van der Waals surface area (Å²) in [6.07, 6.45) is 14.1. The number of rotatable bonds is 6. The van der Waals surface area contributed by atoms with E-state index in [1.165, 1.54) is 6.20 Å². The van der Waals surface area contributed by atoms with Crippen LogP contribution in [-0.2, 0) is 0 Å². The highest BCUT2D eigenvalue weighted by Gasteiger charge is 2.09. The Morgan fingerprint density at radius 3 is 3.09 bits per heavy atom. The molecule has 0 spiro atoms. The lowest BCUT2D eigenvalue weighted by atomic mass is 10.2. The van der Waals surface area contributed by atoms with E-state index in [4.69, 9.17) is 5.73 Å². The first-order valence-electron chi connectivity index (χ1n) is 7.09. The molecule has 4 N–H and O–H groups in total. The van der Waals surface area contributed by atoms with Crippen LogP contribution >= 0.6 is 0 Å². The minimum absolute atomic E-state index is 0.595. The van der Waals surface area contributed by atoms with Crippen molar-refractivity contribution < 1.29 is 0 Å². The zero-order valence-electron chi connectivity index (χ0n) is 12.5. The monoisotopic (exact) mass is 307 g/mol. The summed E-state index contributed by atoms with van der Waals surface area (Å²) < 4.78 is 1.73. The number of nitrogens with two attached hydrogens (primary N) is 1. The second-order valence-corrected chi connectivity index (χ2v) is 4.82. The Morgan fingerprint density at radius 1 is 1.43 bits per heavy atom. The number of H-pyrrole nitrogens is 1. The van der Waals surface area contributed by atoms with E-state index in [0.29, 0.717) is 6.54 Å². The zero-order chi connectivity index (χ0) is 16.1. The standard InChI is InChI=1S/C16H17N7/c1-2-3-12(4-6-17)8-18-15-5-7-23-16(22-15)14(11-21-23)13-9-19-20-10-13/h2-7,9-11H,1,8,17H2,(H,18,22)(H,19,20)/b6-4-,12-3+. The van der Waals surface area contributed by atoms with Crippen LogP contribution in [0.1, 0.15) is 0 Å². The molecule has 116 valence electrons. The molecule has 0 fully saturated rings. The molecule has 3 heterocycles. The maximum atomic E-state index is 5.44. The van der Waals surface area contributed by atoms with Gasteiger partial charge in [0.1, 0.15) is 5.82 Å². The van der Waals surface area contributed by atoms with Crippen molar-refractivity contribution in [2.45, 2.75) is 0 Å². The number of hydrogen-bond donors (Lipinski definition) is 3. The van der Waals surface area contributed by atoms with Gasteiger partial charge in [-0.2, -0.15) is 10.2 Å². The molecule has 3 aromatic rings. The predicted molar refractivity (Wildman–Crippen MR) is 90.7 cm³/mol. The van der Waals surface area contributed by atoms with Crippen molar-refractivity contribution in [3.8, 4) is 11.1 Å². The number of nitrogens with zero attached hydrogens (tertiary/aromatic N) is 4. The molecule has 0 aliphatic heterocycles. The molecule has 0 bridgehead atoms. The summed E-state index contributed by atoms with van der Waals surface area (Å²) in [4.78, 5) is 4.62. The summed E-state index contributed by atoms with van der Waals surface area (Å²) in [5, 5.41) is 14.3. The second-order valence-electron chi connectivity index (χ2n) is 4.82. The summed E-state index contributed by atoms with van der Waals surface area (Å²) in [6, 6.07) is 1.87. The molecule has 0 atom stereocenters. The van der Waals surface area contributed by atoms with Gasteiger partial charge < -0.3 is 11.1 Å². The Bertz CT molecular complexity index is 856. The van der Waals surface area contributed by atoms with Crippen molar-refractivity contribution in [1.29, 1.82) is 0 Å². The molecule has 0 aliphatic rings. The topological polar surface area (TPSA) is 96.9 Å². The van der Waals surface area contributed by atoms with Crippen LogP contribution in [0.2, 0.25) is 0 Å². The number of hydrogen-bond acceptors (Lipinski definition) is 5. The van der Waals surface area contributed by atoms with E-state index in [1.54, 1.807) is 23.0 Å². The predicted octanol–water partition coefficient (Wildman–Crippen LogP) is 2.12. The lowest BCUT2D eigenvalue weighted by molar-refractivity contribution is 0.938. The van der Waals surface area contributed by atoms with Crippen LogP contribution in [-0.4, -0.2) is 31.3 Å². The average Bonchev–Trinajstić information content (AvgIpc) is 3.21. The number of anilines is 1. The lowest BCUT2D eigenvalue weighted by Crippen LogP contribution is -2.06. The van der Waals surface area contributed by atoms with E-state index in [0.717, 1.165) is 28.2 Å². The van der Waals surface area contributed by atoms with Gasteiger partial charge in [0.25, 0.3) is 0 Å². The van der Waals surface area contributed by atoms with Crippen molar-refractivity contribution in [3.05, 3.63) is 67.4 Å². The molecule has 0 saturated carbocycles. The quantitative estimate of drug-likeness (QED) is 0.606. The van der Waals surface area contributed by atoms with Crippen molar-refractivity contribution in [2.24, 2.45) is 5.73 Å². The minimum Gasteiger partial charge on any atom is -0.405 e. The molecule has 0 amide bonds. The molecule has 0 aromatic carbocycles. The zero-order valence-corrected chi connectivity index (χ0v) is 12.5. The Hall–Kier alpha value is -3.35. The van der Waals surface area contributed by atoms with Gasteiger partial charge >= 0.3 is 0 Å². The highest BCUT2D eigenvalue weighted by Crippen LogP contribution is 2.22. The van der Waals surface area contributed by atoms with E-state index in [1.807, 2.05) is 30.6 Å². The number of aromatic nitrogens is 5. The van der Waals surface area contributed by atoms with E-state index in [-0.39, 0.29) is 0 Å². The molecule has 3 rings (SSSR count). The fourth-order valence-electron chi connectivity index (χ4n) is 2.21. The summed E-state index contributed by atoms with van der Waals surface area (Å²) >= 11 is 0. The van der Waals surface area contributed by atoms with Crippen molar-refractivity contribution >= 4 is 11.5 Å². The van der Waals surface area contributed by atoms with Crippen LogP contribution in [0.5, 0.6) is 0 Å². The van der Waals surface area contributed by atoms with Gasteiger partial charge in [-0.05, 0) is 23.9 Å². The maximum absolute atomic E-state index is 5.44. The molecule has 23 heavy (non-hydrogen) atoms. The van der Waals surface area contributed by atoms with Crippen LogP contribution < -0.4 is 11.1 Å². The first-order valence-corrected chi connectivity index (χ1v) is 7.09. The molecular formula is C16H17N7. The molecule has 0 saturated heterocycles. The van der Waals surface area contributed by atoms with Gasteiger partial charge in [0.15, 0.2) is 5.65 Å². The van der Waals surface area contributed by atoms with Crippen molar-refractivity contribution in [1.82, 2.24) is 24.8 Å². The van der Waals surface area contributed by atoms with Gasteiger partial charge in [0, 0.05) is 30.1 Å². The normalized spacial score (nSPS) is 12.1. The van der Waals surface area contributed by atoms with E-state index < -0.39 is 0 Å². The molecule has 7 nitrogen and oxygen atoms in total. The van der Waals surface area contributed by atoms with Crippen molar-refractivity contribution in [2.75, 3.05) is 11.9 Å². The van der Waals surface area contributed by atoms with Crippen LogP contribution in [0, 0.1) is 0 Å². The summed E-state index contributed by atoms with van der Waals surface area (Å²) in [5.41, 5.74) is 9.08. The number of fused-ring (bicyclic) bond motifs is 1.